The zero-order chi connectivity index (χ0) is 18.9. The first-order chi connectivity index (χ1) is 13.3. The van der Waals surface area contributed by atoms with Crippen molar-refractivity contribution in [3.05, 3.63) is 102 Å². The number of hydrogen-bond donors (Lipinski definition) is 1. The van der Waals surface area contributed by atoms with Crippen LogP contribution in [0, 0.1) is 17.8 Å². The number of aliphatic hydroxyl groups is 1. The lowest BCUT2D eigenvalue weighted by Crippen LogP contribution is -2.19. The number of benzene rings is 3. The summed E-state index contributed by atoms with van der Waals surface area (Å²) in [5.41, 5.74) is 3.17. The molecule has 0 saturated heterocycles. The molecule has 1 N–H and O–H groups in total. The molecule has 0 aliphatic heterocycles. The summed E-state index contributed by atoms with van der Waals surface area (Å²) >= 11 is 0. The van der Waals surface area contributed by atoms with E-state index in [1.54, 1.807) is 7.11 Å². The average Bonchev–Trinajstić information content (AvgIpc) is 2.74. The Morgan fingerprint density at radius 3 is 2.15 bits per heavy atom. The quantitative estimate of drug-likeness (QED) is 0.650. The van der Waals surface area contributed by atoms with Crippen LogP contribution in [0.4, 0.5) is 0 Å². The molecule has 0 heterocycles. The summed E-state index contributed by atoms with van der Waals surface area (Å²) < 4.78 is 5.57. The third kappa shape index (κ3) is 5.00. The number of rotatable bonds is 6. The maximum absolute atomic E-state index is 10.2. The number of aliphatic hydroxyl groups excluding tert-OH is 1. The number of ether oxygens (including phenoxy) is 1. The Labute approximate surface area is 161 Å². The lowest BCUT2D eigenvalue weighted by molar-refractivity contribution is 0.215. The van der Waals surface area contributed by atoms with E-state index < -0.39 is 0 Å². The smallest absolute Gasteiger partial charge is 0.123 e. The molecule has 27 heavy (non-hydrogen) atoms. The van der Waals surface area contributed by atoms with Crippen molar-refractivity contribution in [1.82, 2.24) is 0 Å². The van der Waals surface area contributed by atoms with Crippen LogP contribution >= 0.6 is 0 Å². The standard InChI is InChI=1S/C25H24O2/c1-27-25-15-9-8-14-24(25)23(17-16-20-10-4-2-5-11-20)22(19-26)18-21-12-6-3-7-13-21/h2-15,22-23,26H,18-19H2,1H3/t22-,23-/m0/s1. The van der Waals surface area contributed by atoms with Crippen molar-refractivity contribution in [3.63, 3.8) is 0 Å². The van der Waals surface area contributed by atoms with Gasteiger partial charge in [0.25, 0.3) is 0 Å². The van der Waals surface area contributed by atoms with E-state index in [1.807, 2.05) is 72.8 Å². The molecule has 0 unspecified atom stereocenters. The minimum atomic E-state index is -0.133. The fraction of sp³-hybridized carbons (Fsp3) is 0.200. The van der Waals surface area contributed by atoms with E-state index in [4.69, 9.17) is 4.74 Å². The van der Waals surface area contributed by atoms with Crippen LogP contribution in [0.15, 0.2) is 84.9 Å². The first-order valence-electron chi connectivity index (χ1n) is 9.16. The van der Waals surface area contributed by atoms with Crippen molar-refractivity contribution in [3.8, 4) is 17.6 Å². The first kappa shape index (κ1) is 18.8. The number of hydrogen-bond acceptors (Lipinski definition) is 2. The largest absolute Gasteiger partial charge is 0.496 e. The highest BCUT2D eigenvalue weighted by atomic mass is 16.5. The number of methoxy groups -OCH3 is 1. The Morgan fingerprint density at radius 1 is 0.852 bits per heavy atom. The van der Waals surface area contributed by atoms with E-state index >= 15 is 0 Å². The molecule has 2 atom stereocenters. The molecule has 0 aliphatic carbocycles. The normalized spacial score (nSPS) is 12.5. The Bertz CT molecular complexity index is 892. The summed E-state index contributed by atoms with van der Waals surface area (Å²) in [6, 6.07) is 28.1. The van der Waals surface area contributed by atoms with E-state index in [1.165, 1.54) is 5.56 Å². The molecule has 0 bridgehead atoms. The molecule has 0 saturated carbocycles. The van der Waals surface area contributed by atoms with Crippen molar-refractivity contribution in [2.45, 2.75) is 12.3 Å². The lowest BCUT2D eigenvalue weighted by atomic mass is 9.82. The highest BCUT2D eigenvalue weighted by Crippen LogP contribution is 2.33. The summed E-state index contributed by atoms with van der Waals surface area (Å²) in [5.74, 6) is 7.33. The predicted molar refractivity (Wildman–Crippen MR) is 110 cm³/mol. The lowest BCUT2D eigenvalue weighted by Gasteiger charge is -2.23. The van der Waals surface area contributed by atoms with Gasteiger partial charge in [-0.2, -0.15) is 0 Å². The molecule has 0 aromatic heterocycles. The van der Waals surface area contributed by atoms with E-state index in [0.717, 1.165) is 23.3 Å². The van der Waals surface area contributed by atoms with Crippen molar-refractivity contribution in [2.75, 3.05) is 13.7 Å². The van der Waals surface area contributed by atoms with Gasteiger partial charge < -0.3 is 9.84 Å². The van der Waals surface area contributed by atoms with Gasteiger partial charge in [-0.15, -0.1) is 0 Å². The molecule has 0 aliphatic rings. The topological polar surface area (TPSA) is 29.5 Å². The molecule has 0 spiro atoms. The van der Waals surface area contributed by atoms with Gasteiger partial charge in [-0.3, -0.25) is 0 Å². The van der Waals surface area contributed by atoms with Gasteiger partial charge in [0.1, 0.15) is 5.75 Å². The molecule has 2 heteroatoms. The summed E-state index contributed by atoms with van der Waals surface area (Å²) in [4.78, 5) is 0. The SMILES string of the molecule is COc1ccccc1[C@@H](C#Cc1ccccc1)[C@H](CO)Cc1ccccc1. The third-order valence-electron chi connectivity index (χ3n) is 4.67. The van der Waals surface area contributed by atoms with E-state index in [-0.39, 0.29) is 18.4 Å². The van der Waals surface area contributed by atoms with Crippen LogP contribution in [-0.4, -0.2) is 18.8 Å². The van der Waals surface area contributed by atoms with Crippen molar-refractivity contribution in [1.29, 1.82) is 0 Å². The molecule has 0 amide bonds. The molecule has 136 valence electrons. The summed E-state index contributed by atoms with van der Waals surface area (Å²) in [5, 5.41) is 10.2. The molecule has 0 radical (unpaired) electrons. The second-order valence-corrected chi connectivity index (χ2v) is 6.49. The van der Waals surface area contributed by atoms with Gasteiger partial charge in [0.05, 0.1) is 13.0 Å². The summed E-state index contributed by atoms with van der Waals surface area (Å²) in [7, 11) is 1.67. The molecule has 2 nitrogen and oxygen atoms in total. The zero-order valence-electron chi connectivity index (χ0n) is 15.5. The Kier molecular flexibility index (Phi) is 6.68. The Hall–Kier alpha value is -3.02. The maximum atomic E-state index is 10.2. The van der Waals surface area contributed by atoms with Gasteiger partial charge in [-0.05, 0) is 30.2 Å². The van der Waals surface area contributed by atoms with Gasteiger partial charge in [-0.1, -0.05) is 78.6 Å². The fourth-order valence-electron chi connectivity index (χ4n) is 3.26. The van der Waals surface area contributed by atoms with E-state index in [9.17, 15) is 5.11 Å². The van der Waals surface area contributed by atoms with Crippen molar-refractivity contribution < 1.29 is 9.84 Å². The van der Waals surface area contributed by atoms with Crippen LogP contribution in [0.1, 0.15) is 22.6 Å². The van der Waals surface area contributed by atoms with E-state index in [2.05, 4.69) is 24.0 Å². The molecule has 3 rings (SSSR count). The summed E-state index contributed by atoms with van der Waals surface area (Å²) in [6.07, 6.45) is 0.753. The second-order valence-electron chi connectivity index (χ2n) is 6.49. The third-order valence-corrected chi connectivity index (χ3v) is 4.67. The van der Waals surface area contributed by atoms with Crippen LogP contribution in [0.5, 0.6) is 5.75 Å². The highest BCUT2D eigenvalue weighted by Gasteiger charge is 2.24. The molecule has 3 aromatic carbocycles. The maximum Gasteiger partial charge on any atom is 0.123 e. The average molecular weight is 356 g/mol. The van der Waals surface area contributed by atoms with Gasteiger partial charge in [0.15, 0.2) is 0 Å². The van der Waals surface area contributed by atoms with Crippen LogP contribution in [0.2, 0.25) is 0 Å². The second kappa shape index (κ2) is 9.62. The van der Waals surface area contributed by atoms with Crippen molar-refractivity contribution in [2.24, 2.45) is 5.92 Å². The van der Waals surface area contributed by atoms with E-state index in [0.29, 0.717) is 0 Å². The monoisotopic (exact) mass is 356 g/mol. The zero-order valence-corrected chi connectivity index (χ0v) is 15.5. The van der Waals surface area contributed by atoms with Gasteiger partial charge in [0, 0.05) is 23.7 Å². The highest BCUT2D eigenvalue weighted by molar-refractivity contribution is 5.44. The molecule has 3 aromatic rings. The van der Waals surface area contributed by atoms with Crippen LogP contribution in [0.25, 0.3) is 0 Å². The van der Waals surface area contributed by atoms with Gasteiger partial charge in [0.2, 0.25) is 0 Å². The number of para-hydroxylation sites is 1. The van der Waals surface area contributed by atoms with Crippen LogP contribution in [-0.2, 0) is 6.42 Å². The molecule has 0 fully saturated rings. The van der Waals surface area contributed by atoms with Crippen molar-refractivity contribution >= 4 is 0 Å². The van der Waals surface area contributed by atoms with Gasteiger partial charge >= 0.3 is 0 Å². The molecular weight excluding hydrogens is 332 g/mol. The minimum absolute atomic E-state index is 0.0279. The van der Waals surface area contributed by atoms with Crippen LogP contribution in [0.3, 0.4) is 0 Å². The Morgan fingerprint density at radius 2 is 1.48 bits per heavy atom. The summed E-state index contributed by atoms with van der Waals surface area (Å²) in [6.45, 7) is 0.0566. The minimum Gasteiger partial charge on any atom is -0.496 e. The first-order valence-corrected chi connectivity index (χ1v) is 9.16. The predicted octanol–water partition coefficient (Wildman–Crippen LogP) is 4.68. The Balaban J connectivity index is 1.99. The van der Waals surface area contributed by atoms with Crippen LogP contribution < -0.4 is 4.74 Å². The fourth-order valence-corrected chi connectivity index (χ4v) is 3.26. The van der Waals surface area contributed by atoms with Gasteiger partial charge in [-0.25, -0.2) is 0 Å². The molecular formula is C25H24O2.